The second-order valence-corrected chi connectivity index (χ2v) is 3.15. The van der Waals surface area contributed by atoms with E-state index in [1.54, 1.807) is 6.92 Å². The highest BCUT2D eigenvalue weighted by molar-refractivity contribution is 5.74. The first-order valence-electron chi connectivity index (χ1n) is 4.15. The van der Waals surface area contributed by atoms with Crippen LogP contribution >= 0.6 is 0 Å². The van der Waals surface area contributed by atoms with Gasteiger partial charge in [-0.15, -0.1) is 0 Å². The Bertz CT molecular complexity index is 228. The van der Waals surface area contributed by atoms with Crippen molar-refractivity contribution in [1.82, 2.24) is 4.90 Å². The molecule has 1 aliphatic heterocycles. The zero-order valence-corrected chi connectivity index (χ0v) is 7.69. The highest BCUT2D eigenvalue weighted by Gasteiger charge is 2.39. The Hall–Kier alpha value is -1.26. The van der Waals surface area contributed by atoms with Gasteiger partial charge in [0.1, 0.15) is 0 Å². The van der Waals surface area contributed by atoms with Crippen molar-refractivity contribution in [3.63, 3.8) is 0 Å². The second-order valence-electron chi connectivity index (χ2n) is 3.15. The van der Waals surface area contributed by atoms with E-state index >= 15 is 0 Å². The highest BCUT2D eigenvalue weighted by Crippen LogP contribution is 2.25. The number of carbonyl (C=O) groups is 2. The highest BCUT2D eigenvalue weighted by atomic mass is 16.5. The number of rotatable bonds is 2. The van der Waals surface area contributed by atoms with Gasteiger partial charge in [-0.3, -0.25) is 4.79 Å². The van der Waals surface area contributed by atoms with Gasteiger partial charge in [-0.2, -0.15) is 0 Å². The van der Waals surface area contributed by atoms with E-state index in [0.29, 0.717) is 6.54 Å². The Morgan fingerprint density at radius 1 is 1.62 bits per heavy atom. The van der Waals surface area contributed by atoms with E-state index in [1.807, 2.05) is 0 Å². The third-order valence-electron chi connectivity index (χ3n) is 2.44. The first kappa shape index (κ1) is 9.83. The summed E-state index contributed by atoms with van der Waals surface area (Å²) in [7, 11) is 1.29. The average Bonchev–Trinajstić information content (AvgIpc) is 2.01. The van der Waals surface area contributed by atoms with E-state index in [0.717, 1.165) is 6.42 Å². The smallest absolute Gasteiger partial charge is 0.409 e. The summed E-state index contributed by atoms with van der Waals surface area (Å²) < 4.78 is 4.51. The van der Waals surface area contributed by atoms with Gasteiger partial charge in [0, 0.05) is 12.6 Å². The van der Waals surface area contributed by atoms with Gasteiger partial charge >= 0.3 is 12.1 Å². The van der Waals surface area contributed by atoms with Gasteiger partial charge in [-0.1, -0.05) is 0 Å². The summed E-state index contributed by atoms with van der Waals surface area (Å²) in [6.07, 6.45) is 0.298. The molecule has 0 aromatic heterocycles. The zero-order valence-electron chi connectivity index (χ0n) is 7.69. The predicted molar refractivity (Wildman–Crippen MR) is 44.3 cm³/mol. The topological polar surface area (TPSA) is 66.8 Å². The molecule has 0 bridgehead atoms. The van der Waals surface area contributed by atoms with Crippen molar-refractivity contribution in [2.24, 2.45) is 5.92 Å². The van der Waals surface area contributed by atoms with Crippen LogP contribution in [0.25, 0.3) is 0 Å². The number of carboxylic acids is 1. The van der Waals surface area contributed by atoms with Crippen molar-refractivity contribution in [3.05, 3.63) is 0 Å². The van der Waals surface area contributed by atoms with Crippen molar-refractivity contribution >= 4 is 12.1 Å². The molecule has 74 valence electrons. The molecule has 1 N–H and O–H groups in total. The summed E-state index contributed by atoms with van der Waals surface area (Å²) in [5.41, 5.74) is 0. The summed E-state index contributed by atoms with van der Waals surface area (Å²) >= 11 is 0. The lowest BCUT2D eigenvalue weighted by atomic mass is 9.91. The van der Waals surface area contributed by atoms with Crippen LogP contribution in [0.15, 0.2) is 0 Å². The summed E-state index contributed by atoms with van der Waals surface area (Å²) in [6, 6.07) is -0.204. The predicted octanol–water partition coefficient (Wildman–Crippen LogP) is 0.548. The molecule has 1 rings (SSSR count). The molecule has 5 nitrogen and oxygen atoms in total. The Morgan fingerprint density at radius 3 is 2.54 bits per heavy atom. The molecule has 1 amide bonds. The van der Waals surface area contributed by atoms with E-state index in [-0.39, 0.29) is 6.04 Å². The third kappa shape index (κ3) is 1.74. The van der Waals surface area contributed by atoms with Crippen LogP contribution in [0, 0.1) is 5.92 Å². The number of hydrogen-bond donors (Lipinski definition) is 1. The van der Waals surface area contributed by atoms with E-state index in [2.05, 4.69) is 4.74 Å². The number of nitrogens with zero attached hydrogens (tertiary/aromatic N) is 1. The maximum absolute atomic E-state index is 11.0. The van der Waals surface area contributed by atoms with E-state index < -0.39 is 18.0 Å². The molecule has 1 aliphatic rings. The Morgan fingerprint density at radius 2 is 2.23 bits per heavy atom. The molecule has 0 aromatic carbocycles. The van der Waals surface area contributed by atoms with Crippen LogP contribution in [0.5, 0.6) is 0 Å². The number of hydrogen-bond acceptors (Lipinski definition) is 3. The fourth-order valence-corrected chi connectivity index (χ4v) is 1.44. The van der Waals surface area contributed by atoms with Crippen LogP contribution in [0.3, 0.4) is 0 Å². The Balaban J connectivity index is 2.54. The summed E-state index contributed by atoms with van der Waals surface area (Å²) in [6.45, 7) is 2.19. The lowest BCUT2D eigenvalue weighted by molar-refractivity contribution is -0.144. The molecule has 0 radical (unpaired) electrons. The molecule has 0 aliphatic carbocycles. The molecule has 2 unspecified atom stereocenters. The zero-order chi connectivity index (χ0) is 10.0. The molecule has 1 saturated heterocycles. The largest absolute Gasteiger partial charge is 0.481 e. The molecule has 0 spiro atoms. The average molecular weight is 187 g/mol. The molecule has 2 atom stereocenters. The fraction of sp³-hybridized carbons (Fsp3) is 0.750. The molecule has 1 heterocycles. The van der Waals surface area contributed by atoms with Gasteiger partial charge < -0.3 is 14.7 Å². The van der Waals surface area contributed by atoms with Gasteiger partial charge in [0.05, 0.1) is 13.0 Å². The number of carboxylic acid groups (broad SMARTS) is 1. The number of aliphatic carboxylic acids is 1. The second kappa shape index (κ2) is 3.64. The maximum Gasteiger partial charge on any atom is 0.409 e. The minimum absolute atomic E-state index is 0.204. The standard InChI is InChI=1S/C8H13NO4/c1-5(7(10)11)6-3-4-9(6)8(12)13-2/h5-6H,3-4H2,1-2H3,(H,10,11). The van der Waals surface area contributed by atoms with Crippen LogP contribution in [-0.2, 0) is 9.53 Å². The summed E-state index contributed by atoms with van der Waals surface area (Å²) in [4.78, 5) is 23.1. The van der Waals surface area contributed by atoms with Crippen molar-refractivity contribution in [3.8, 4) is 0 Å². The van der Waals surface area contributed by atoms with Crippen molar-refractivity contribution in [2.75, 3.05) is 13.7 Å². The van der Waals surface area contributed by atoms with Gasteiger partial charge in [-0.05, 0) is 13.3 Å². The van der Waals surface area contributed by atoms with Gasteiger partial charge in [0.25, 0.3) is 0 Å². The lowest BCUT2D eigenvalue weighted by Crippen LogP contribution is -2.55. The number of amides is 1. The first-order valence-corrected chi connectivity index (χ1v) is 4.15. The number of ether oxygens (including phenoxy) is 1. The first-order chi connectivity index (χ1) is 6.07. The minimum Gasteiger partial charge on any atom is -0.481 e. The Kier molecular flexibility index (Phi) is 2.75. The van der Waals surface area contributed by atoms with Gasteiger partial charge in [0.2, 0.25) is 0 Å². The van der Waals surface area contributed by atoms with Crippen LogP contribution < -0.4 is 0 Å². The van der Waals surface area contributed by atoms with E-state index in [1.165, 1.54) is 12.0 Å². The molecular weight excluding hydrogens is 174 g/mol. The molecule has 0 saturated carbocycles. The van der Waals surface area contributed by atoms with Crippen molar-refractivity contribution in [1.29, 1.82) is 0 Å². The monoisotopic (exact) mass is 187 g/mol. The molecule has 5 heteroatoms. The minimum atomic E-state index is -0.876. The SMILES string of the molecule is COC(=O)N1CCC1C(C)C(=O)O. The lowest BCUT2D eigenvalue weighted by Gasteiger charge is -2.41. The van der Waals surface area contributed by atoms with Gasteiger partial charge in [0.15, 0.2) is 0 Å². The van der Waals surface area contributed by atoms with Crippen molar-refractivity contribution < 1.29 is 19.4 Å². The number of likely N-dealkylation sites (tertiary alicyclic amines) is 1. The quantitative estimate of drug-likeness (QED) is 0.685. The van der Waals surface area contributed by atoms with E-state index in [9.17, 15) is 9.59 Å². The molecule has 1 fully saturated rings. The van der Waals surface area contributed by atoms with Gasteiger partial charge in [-0.25, -0.2) is 4.79 Å². The maximum atomic E-state index is 11.0. The summed E-state index contributed by atoms with van der Waals surface area (Å²) in [5, 5.41) is 8.71. The third-order valence-corrected chi connectivity index (χ3v) is 2.44. The number of carbonyl (C=O) groups excluding carboxylic acids is 1. The van der Waals surface area contributed by atoms with Crippen LogP contribution in [0.4, 0.5) is 4.79 Å². The van der Waals surface area contributed by atoms with Crippen LogP contribution in [0.2, 0.25) is 0 Å². The molecule has 0 aromatic rings. The molecule has 13 heavy (non-hydrogen) atoms. The van der Waals surface area contributed by atoms with Crippen LogP contribution in [-0.4, -0.2) is 41.8 Å². The summed E-state index contributed by atoms with van der Waals surface area (Å²) in [5.74, 6) is -1.40. The van der Waals surface area contributed by atoms with E-state index in [4.69, 9.17) is 5.11 Å². The molecular formula is C8H13NO4. The van der Waals surface area contributed by atoms with Crippen LogP contribution in [0.1, 0.15) is 13.3 Å². The van der Waals surface area contributed by atoms with Crippen molar-refractivity contribution in [2.45, 2.75) is 19.4 Å². The Labute approximate surface area is 76.3 Å². The normalized spacial score (nSPS) is 23.2. The fourth-order valence-electron chi connectivity index (χ4n) is 1.44. The number of methoxy groups -OCH3 is 1.